The summed E-state index contributed by atoms with van der Waals surface area (Å²) in [6.45, 7) is 4.00. The zero-order valence-corrected chi connectivity index (χ0v) is 18.6. The monoisotopic (exact) mass is 453 g/mol. The maximum Gasteiger partial charge on any atom is 0.340 e. The average molecular weight is 454 g/mol. The van der Waals surface area contributed by atoms with Crippen LogP contribution in [0.3, 0.4) is 0 Å². The van der Waals surface area contributed by atoms with Gasteiger partial charge in [-0.15, -0.1) is 11.3 Å². The van der Waals surface area contributed by atoms with E-state index in [1.165, 1.54) is 29.2 Å². The molecule has 0 saturated carbocycles. The highest BCUT2D eigenvalue weighted by Gasteiger charge is 2.18. The Morgan fingerprint density at radius 2 is 1.91 bits per heavy atom. The number of aromatic nitrogens is 2. The second-order valence-electron chi connectivity index (χ2n) is 6.86. The molecule has 0 aliphatic rings. The first-order valence-electron chi connectivity index (χ1n) is 10.00. The normalized spacial score (nSPS) is 11.2. The molecule has 9 heteroatoms. The van der Waals surface area contributed by atoms with Crippen molar-refractivity contribution in [2.24, 2.45) is 4.99 Å². The molecule has 8 nitrogen and oxygen atoms in total. The molecule has 2 aromatic heterocycles. The summed E-state index contributed by atoms with van der Waals surface area (Å²) in [7, 11) is 0. The van der Waals surface area contributed by atoms with Gasteiger partial charge in [0.25, 0.3) is 5.91 Å². The van der Waals surface area contributed by atoms with Gasteiger partial charge in [-0.1, -0.05) is 29.8 Å². The Labute approximate surface area is 189 Å². The van der Waals surface area contributed by atoms with E-state index in [2.05, 4.69) is 9.98 Å². The third kappa shape index (κ3) is 6.45. The minimum absolute atomic E-state index is 0.110. The molecule has 0 bridgehead atoms. The van der Waals surface area contributed by atoms with Crippen molar-refractivity contribution in [3.63, 3.8) is 0 Å². The minimum Gasteiger partial charge on any atom is -0.466 e. The molecule has 0 N–H and O–H groups in total. The molecule has 0 radical (unpaired) electrons. The van der Waals surface area contributed by atoms with Crippen molar-refractivity contribution in [1.82, 2.24) is 9.55 Å². The number of hydrogen-bond acceptors (Lipinski definition) is 7. The molecule has 0 atom stereocenters. The summed E-state index contributed by atoms with van der Waals surface area (Å²) in [5.74, 6) is -1.84. The van der Waals surface area contributed by atoms with Crippen LogP contribution in [-0.2, 0) is 32.0 Å². The highest BCUT2D eigenvalue weighted by atomic mass is 32.1. The first-order valence-corrected chi connectivity index (χ1v) is 10.9. The van der Waals surface area contributed by atoms with Gasteiger partial charge < -0.3 is 14.0 Å². The lowest BCUT2D eigenvalue weighted by Crippen LogP contribution is -2.20. The Morgan fingerprint density at radius 1 is 1.12 bits per heavy atom. The molecule has 3 rings (SSSR count). The summed E-state index contributed by atoms with van der Waals surface area (Å²) in [4.78, 5) is 45.1. The van der Waals surface area contributed by atoms with E-state index in [9.17, 15) is 14.4 Å². The van der Waals surface area contributed by atoms with Gasteiger partial charge in [-0.25, -0.2) is 4.79 Å². The number of benzene rings is 1. The van der Waals surface area contributed by atoms with Crippen molar-refractivity contribution in [1.29, 1.82) is 0 Å². The van der Waals surface area contributed by atoms with Gasteiger partial charge in [0.2, 0.25) is 0 Å². The third-order valence-electron chi connectivity index (χ3n) is 4.41. The molecular formula is C23H23N3O5S. The van der Waals surface area contributed by atoms with Crippen LogP contribution in [0.5, 0.6) is 0 Å². The maximum atomic E-state index is 12.4. The molecule has 1 amide bonds. The second kappa shape index (κ2) is 11.1. The third-order valence-corrected chi connectivity index (χ3v) is 5.20. The summed E-state index contributed by atoms with van der Waals surface area (Å²) in [6.07, 6.45) is 3.15. The van der Waals surface area contributed by atoms with Crippen LogP contribution in [0.4, 0.5) is 0 Å². The zero-order chi connectivity index (χ0) is 22.9. The topological polar surface area (TPSA) is 99.8 Å². The second-order valence-corrected chi connectivity index (χ2v) is 7.73. The van der Waals surface area contributed by atoms with E-state index in [-0.39, 0.29) is 24.3 Å². The summed E-state index contributed by atoms with van der Waals surface area (Å²) < 4.78 is 11.9. The van der Waals surface area contributed by atoms with Crippen LogP contribution in [0.15, 0.2) is 59.2 Å². The van der Waals surface area contributed by atoms with Crippen LogP contribution in [0.25, 0.3) is 0 Å². The van der Waals surface area contributed by atoms with Gasteiger partial charge in [-0.05, 0) is 31.5 Å². The molecule has 166 valence electrons. The Balaban J connectivity index is 1.64. The summed E-state index contributed by atoms with van der Waals surface area (Å²) >= 11 is 1.32. The first kappa shape index (κ1) is 23.1. The van der Waals surface area contributed by atoms with Crippen molar-refractivity contribution < 1.29 is 23.9 Å². The number of thiazole rings is 1. The van der Waals surface area contributed by atoms with E-state index < -0.39 is 24.5 Å². The lowest BCUT2D eigenvalue weighted by atomic mass is 10.1. The van der Waals surface area contributed by atoms with Crippen LogP contribution in [-0.4, -0.2) is 40.6 Å². The fourth-order valence-corrected chi connectivity index (χ4v) is 3.60. The van der Waals surface area contributed by atoms with E-state index in [1.54, 1.807) is 13.0 Å². The largest absolute Gasteiger partial charge is 0.466 e. The van der Waals surface area contributed by atoms with Gasteiger partial charge in [0.05, 0.1) is 24.3 Å². The summed E-state index contributed by atoms with van der Waals surface area (Å²) in [5.41, 5.74) is 2.60. The highest BCUT2D eigenvalue weighted by molar-refractivity contribution is 7.07. The molecule has 0 aliphatic heterocycles. The standard InChI is InChI=1S/C23H23N3O5S/c1-3-30-21(28)13-19-18(5-4-10-24-19)22(29)31-15-20(27)25-23-26(11-12-32-23)14-17-8-6-16(2)7-9-17/h4-12H,3,13-15H2,1-2H3. The predicted octanol–water partition coefficient (Wildman–Crippen LogP) is 2.69. The van der Waals surface area contributed by atoms with E-state index >= 15 is 0 Å². The van der Waals surface area contributed by atoms with Crippen molar-refractivity contribution in [3.05, 3.63) is 81.4 Å². The number of amides is 1. The number of pyridine rings is 1. The molecule has 0 fully saturated rings. The van der Waals surface area contributed by atoms with Crippen molar-refractivity contribution in [2.75, 3.05) is 13.2 Å². The highest BCUT2D eigenvalue weighted by Crippen LogP contribution is 2.09. The Hall–Kier alpha value is -3.59. The number of hydrogen-bond donors (Lipinski definition) is 0. The molecule has 32 heavy (non-hydrogen) atoms. The van der Waals surface area contributed by atoms with Crippen molar-refractivity contribution in [3.8, 4) is 0 Å². The van der Waals surface area contributed by atoms with E-state index in [0.717, 1.165) is 5.56 Å². The fourth-order valence-electron chi connectivity index (χ4n) is 2.85. The molecular weight excluding hydrogens is 430 g/mol. The molecule has 3 aromatic rings. The van der Waals surface area contributed by atoms with Crippen molar-refractivity contribution >= 4 is 29.2 Å². The molecule has 0 unspecified atom stereocenters. The average Bonchev–Trinajstić information content (AvgIpc) is 3.20. The Morgan fingerprint density at radius 3 is 2.66 bits per heavy atom. The maximum absolute atomic E-state index is 12.4. The summed E-state index contributed by atoms with van der Waals surface area (Å²) in [6, 6.07) is 11.1. The molecule has 2 heterocycles. The van der Waals surface area contributed by atoms with Crippen LogP contribution in [0, 0.1) is 6.92 Å². The number of aryl methyl sites for hydroxylation is 1. The molecule has 0 saturated heterocycles. The Kier molecular flexibility index (Phi) is 8.04. The first-order chi connectivity index (χ1) is 15.5. The van der Waals surface area contributed by atoms with Gasteiger partial charge in [0.1, 0.15) is 0 Å². The molecule has 0 aliphatic carbocycles. The van der Waals surface area contributed by atoms with Crippen LogP contribution in [0.2, 0.25) is 0 Å². The SMILES string of the molecule is CCOC(=O)Cc1ncccc1C(=O)OCC(=O)N=c1sccn1Cc1ccc(C)cc1. The van der Waals surface area contributed by atoms with Gasteiger partial charge in [0, 0.05) is 24.3 Å². The van der Waals surface area contributed by atoms with Gasteiger partial charge in [-0.2, -0.15) is 4.99 Å². The number of carbonyl (C=O) groups is 3. The zero-order valence-electron chi connectivity index (χ0n) is 17.8. The van der Waals surface area contributed by atoms with Crippen LogP contribution in [0.1, 0.15) is 34.1 Å². The molecule has 0 spiro atoms. The van der Waals surface area contributed by atoms with Crippen LogP contribution >= 0.6 is 11.3 Å². The van der Waals surface area contributed by atoms with Gasteiger partial charge in [-0.3, -0.25) is 14.6 Å². The van der Waals surface area contributed by atoms with E-state index in [0.29, 0.717) is 11.3 Å². The van der Waals surface area contributed by atoms with Crippen molar-refractivity contribution in [2.45, 2.75) is 26.8 Å². The Bertz CT molecular complexity index is 1160. The predicted molar refractivity (Wildman–Crippen MR) is 118 cm³/mol. The lowest BCUT2D eigenvalue weighted by Gasteiger charge is -2.07. The van der Waals surface area contributed by atoms with Gasteiger partial charge in [0.15, 0.2) is 11.4 Å². The smallest absolute Gasteiger partial charge is 0.340 e. The fraction of sp³-hybridized carbons (Fsp3) is 0.261. The number of carbonyl (C=O) groups excluding carboxylic acids is 3. The van der Waals surface area contributed by atoms with E-state index in [1.807, 2.05) is 47.3 Å². The number of nitrogens with zero attached hydrogens (tertiary/aromatic N) is 3. The van der Waals surface area contributed by atoms with E-state index in [4.69, 9.17) is 9.47 Å². The number of esters is 2. The minimum atomic E-state index is -0.750. The number of rotatable bonds is 8. The molecule has 1 aromatic carbocycles. The van der Waals surface area contributed by atoms with Gasteiger partial charge >= 0.3 is 11.9 Å². The lowest BCUT2D eigenvalue weighted by molar-refractivity contribution is -0.142. The number of ether oxygens (including phenoxy) is 2. The quantitative estimate of drug-likeness (QED) is 0.486. The van der Waals surface area contributed by atoms with Crippen LogP contribution < -0.4 is 4.80 Å². The summed E-state index contributed by atoms with van der Waals surface area (Å²) in [5, 5.41) is 1.84.